The summed E-state index contributed by atoms with van der Waals surface area (Å²) in [5, 5.41) is 12.6. The molecule has 1 aromatic rings. The molecule has 0 unspecified atom stereocenters. The number of carbonyl (C=O) groups is 1. The van der Waals surface area contributed by atoms with E-state index in [9.17, 15) is 4.79 Å². The number of nitriles is 1. The summed E-state index contributed by atoms with van der Waals surface area (Å²) in [5.41, 5.74) is 0.338. The summed E-state index contributed by atoms with van der Waals surface area (Å²) >= 11 is 1.41. The molecule has 0 amide bonds. The number of carbonyl (C=O) groups excluding carboxylic acids is 1. The van der Waals surface area contributed by atoms with Crippen molar-refractivity contribution in [3.63, 3.8) is 0 Å². The first-order valence-electron chi connectivity index (χ1n) is 6.42. The fraction of sp³-hybridized carbons (Fsp3) is 0.538. The highest BCUT2D eigenvalue weighted by atomic mass is 32.2. The molecule has 106 valence electrons. The molecule has 0 spiro atoms. The van der Waals surface area contributed by atoms with Gasteiger partial charge in [0.2, 0.25) is 0 Å². The first kappa shape index (κ1) is 14.6. The van der Waals surface area contributed by atoms with Gasteiger partial charge < -0.3 is 10.1 Å². The van der Waals surface area contributed by atoms with Gasteiger partial charge in [-0.05, 0) is 26.0 Å². The highest BCUT2D eigenvalue weighted by molar-refractivity contribution is 7.98. The van der Waals surface area contributed by atoms with Crippen LogP contribution in [0.3, 0.4) is 0 Å². The zero-order chi connectivity index (χ0) is 14.5. The summed E-state index contributed by atoms with van der Waals surface area (Å²) in [4.78, 5) is 20.3. The van der Waals surface area contributed by atoms with E-state index in [2.05, 4.69) is 21.4 Å². The van der Waals surface area contributed by atoms with Gasteiger partial charge >= 0.3 is 5.97 Å². The molecule has 0 radical (unpaired) electrons. The number of esters is 1. The minimum absolute atomic E-state index is 0.0976. The largest absolute Gasteiger partial charge is 0.462 e. The Morgan fingerprint density at radius 1 is 1.65 bits per heavy atom. The maximum atomic E-state index is 11.9. The molecule has 20 heavy (non-hydrogen) atoms. The van der Waals surface area contributed by atoms with E-state index in [1.165, 1.54) is 18.0 Å². The summed E-state index contributed by atoms with van der Waals surface area (Å²) in [5.74, 6) is 0.156. The van der Waals surface area contributed by atoms with Gasteiger partial charge in [0.15, 0.2) is 5.16 Å². The van der Waals surface area contributed by atoms with Crippen molar-refractivity contribution >= 4 is 23.5 Å². The third-order valence-electron chi connectivity index (χ3n) is 3.11. The molecular weight excluding hydrogens is 276 g/mol. The van der Waals surface area contributed by atoms with Gasteiger partial charge in [0.05, 0.1) is 18.6 Å². The standard InChI is InChI=1S/C13H16N4O2S/c1-3-19-12(18)10-7-15-13(20-2)17-11(10)16-9-4-8(5-9)6-14/h7-9H,3-5H2,1-2H3,(H,15,16,17)/t8-,9+. The number of nitrogens with zero attached hydrogens (tertiary/aromatic N) is 3. The molecule has 0 bridgehead atoms. The van der Waals surface area contributed by atoms with E-state index in [1.54, 1.807) is 6.92 Å². The topological polar surface area (TPSA) is 87.9 Å². The average molecular weight is 292 g/mol. The normalized spacial score (nSPS) is 20.6. The molecule has 1 heterocycles. The summed E-state index contributed by atoms with van der Waals surface area (Å²) < 4.78 is 5.00. The zero-order valence-electron chi connectivity index (χ0n) is 11.4. The van der Waals surface area contributed by atoms with Gasteiger partial charge in [0, 0.05) is 12.2 Å². The van der Waals surface area contributed by atoms with E-state index >= 15 is 0 Å². The smallest absolute Gasteiger partial charge is 0.343 e. The predicted octanol–water partition coefficient (Wildman–Crippen LogP) is 2.09. The molecule has 0 aliphatic heterocycles. The van der Waals surface area contributed by atoms with Crippen LogP contribution in [-0.2, 0) is 4.74 Å². The molecular formula is C13H16N4O2S. The lowest BCUT2D eigenvalue weighted by Crippen LogP contribution is -2.35. The van der Waals surface area contributed by atoms with Crippen LogP contribution in [0.25, 0.3) is 0 Å². The van der Waals surface area contributed by atoms with Gasteiger partial charge in [-0.25, -0.2) is 14.8 Å². The number of thioether (sulfide) groups is 1. The quantitative estimate of drug-likeness (QED) is 0.505. The molecule has 1 aromatic heterocycles. The van der Waals surface area contributed by atoms with Crippen molar-refractivity contribution in [3.8, 4) is 6.07 Å². The Kier molecular flexibility index (Phi) is 4.79. The lowest BCUT2D eigenvalue weighted by Gasteiger charge is -2.32. The Morgan fingerprint density at radius 3 is 3.00 bits per heavy atom. The Balaban J connectivity index is 2.15. The summed E-state index contributed by atoms with van der Waals surface area (Å²) in [6.45, 7) is 2.06. The van der Waals surface area contributed by atoms with Crippen LogP contribution in [-0.4, -0.2) is 34.8 Å². The number of hydrogen-bond acceptors (Lipinski definition) is 7. The molecule has 1 aliphatic rings. The first-order chi connectivity index (χ1) is 9.67. The number of anilines is 1. The highest BCUT2D eigenvalue weighted by Gasteiger charge is 2.30. The van der Waals surface area contributed by atoms with Crippen LogP contribution in [0.4, 0.5) is 5.82 Å². The number of hydrogen-bond donors (Lipinski definition) is 1. The first-order valence-corrected chi connectivity index (χ1v) is 7.64. The van der Waals surface area contributed by atoms with Crippen molar-refractivity contribution in [3.05, 3.63) is 11.8 Å². The third kappa shape index (κ3) is 3.20. The van der Waals surface area contributed by atoms with E-state index in [1.807, 2.05) is 6.26 Å². The van der Waals surface area contributed by atoms with Crippen LogP contribution in [0.2, 0.25) is 0 Å². The van der Waals surface area contributed by atoms with E-state index in [4.69, 9.17) is 10.00 Å². The lowest BCUT2D eigenvalue weighted by molar-refractivity contribution is 0.0526. The summed E-state index contributed by atoms with van der Waals surface area (Å²) in [6, 6.07) is 2.41. The molecule has 0 atom stereocenters. The SMILES string of the molecule is CCOC(=O)c1cnc(SC)nc1N[C@H]1C[C@@H](C#N)C1. The van der Waals surface area contributed by atoms with Gasteiger partial charge in [-0.15, -0.1) is 0 Å². The number of ether oxygens (including phenoxy) is 1. The third-order valence-corrected chi connectivity index (χ3v) is 3.67. The van der Waals surface area contributed by atoms with Crippen molar-refractivity contribution < 1.29 is 9.53 Å². The van der Waals surface area contributed by atoms with Crippen LogP contribution in [0.15, 0.2) is 11.4 Å². The van der Waals surface area contributed by atoms with Crippen molar-refractivity contribution in [1.29, 1.82) is 5.26 Å². The lowest BCUT2D eigenvalue weighted by atomic mass is 9.81. The zero-order valence-corrected chi connectivity index (χ0v) is 12.2. The summed E-state index contributed by atoms with van der Waals surface area (Å²) in [7, 11) is 0. The molecule has 0 saturated heterocycles. The minimum Gasteiger partial charge on any atom is -0.462 e. The van der Waals surface area contributed by atoms with E-state index in [-0.39, 0.29) is 12.0 Å². The average Bonchev–Trinajstić information content (AvgIpc) is 2.42. The Bertz CT molecular complexity index is 538. The Morgan fingerprint density at radius 2 is 2.40 bits per heavy atom. The van der Waals surface area contributed by atoms with Crippen LogP contribution in [0.1, 0.15) is 30.1 Å². The molecule has 7 heteroatoms. The van der Waals surface area contributed by atoms with Crippen LogP contribution >= 0.6 is 11.8 Å². The number of aromatic nitrogens is 2. The molecule has 1 saturated carbocycles. The minimum atomic E-state index is -0.432. The van der Waals surface area contributed by atoms with E-state index < -0.39 is 5.97 Å². The fourth-order valence-corrected chi connectivity index (χ4v) is 2.31. The summed E-state index contributed by atoms with van der Waals surface area (Å²) in [6.07, 6.45) is 4.91. The Labute approximate surface area is 121 Å². The van der Waals surface area contributed by atoms with Crippen molar-refractivity contribution in [2.45, 2.75) is 31.0 Å². The predicted molar refractivity (Wildman–Crippen MR) is 75.5 cm³/mol. The molecule has 2 rings (SSSR count). The van der Waals surface area contributed by atoms with Crippen molar-refractivity contribution in [2.24, 2.45) is 5.92 Å². The van der Waals surface area contributed by atoms with E-state index in [0.717, 1.165) is 12.8 Å². The second kappa shape index (κ2) is 6.57. The van der Waals surface area contributed by atoms with Gasteiger partial charge in [-0.3, -0.25) is 0 Å². The molecule has 6 nitrogen and oxygen atoms in total. The Hall–Kier alpha value is -1.81. The molecule has 1 fully saturated rings. The van der Waals surface area contributed by atoms with Crippen LogP contribution in [0, 0.1) is 17.2 Å². The second-order valence-corrected chi connectivity index (χ2v) is 5.25. The van der Waals surface area contributed by atoms with Gasteiger partial charge in [-0.2, -0.15) is 5.26 Å². The molecule has 0 aromatic carbocycles. The highest BCUT2D eigenvalue weighted by Crippen LogP contribution is 2.30. The van der Waals surface area contributed by atoms with Crippen molar-refractivity contribution in [2.75, 3.05) is 18.2 Å². The molecule has 1 N–H and O–H groups in total. The number of nitrogens with one attached hydrogen (secondary N) is 1. The van der Waals surface area contributed by atoms with Crippen LogP contribution < -0.4 is 5.32 Å². The van der Waals surface area contributed by atoms with Crippen molar-refractivity contribution in [1.82, 2.24) is 9.97 Å². The van der Waals surface area contributed by atoms with Gasteiger partial charge in [0.25, 0.3) is 0 Å². The van der Waals surface area contributed by atoms with E-state index in [0.29, 0.717) is 23.1 Å². The number of rotatable bonds is 5. The maximum absolute atomic E-state index is 11.9. The van der Waals surface area contributed by atoms with Gasteiger partial charge in [-0.1, -0.05) is 11.8 Å². The maximum Gasteiger partial charge on any atom is 0.343 e. The fourth-order valence-electron chi connectivity index (χ4n) is 1.97. The second-order valence-electron chi connectivity index (χ2n) is 4.48. The monoisotopic (exact) mass is 292 g/mol. The van der Waals surface area contributed by atoms with Crippen LogP contribution in [0.5, 0.6) is 0 Å². The molecule has 1 aliphatic carbocycles. The van der Waals surface area contributed by atoms with Gasteiger partial charge in [0.1, 0.15) is 11.4 Å².